The van der Waals surface area contributed by atoms with Crippen LogP contribution in [0.25, 0.3) is 0 Å². The Kier molecular flexibility index (Phi) is 58.1. The summed E-state index contributed by atoms with van der Waals surface area (Å²) in [6.07, 6.45) is 79.9. The summed E-state index contributed by atoms with van der Waals surface area (Å²) in [7, 11) is 1.15. The van der Waals surface area contributed by atoms with Crippen LogP contribution in [0.15, 0.2) is 72.9 Å². The van der Waals surface area contributed by atoms with E-state index in [1.165, 1.54) is 186 Å². The Bertz CT molecular complexity index is 1560. The number of phosphoric acid groups is 1. The lowest BCUT2D eigenvalue weighted by Crippen LogP contribution is -2.37. The molecule has 10 heteroatoms. The normalized spacial score (nSPS) is 13.6. The average Bonchev–Trinajstić information content (AvgIpc) is 3.41. The number of ether oxygens (including phenoxy) is 2. The van der Waals surface area contributed by atoms with Gasteiger partial charge in [0.15, 0.2) is 6.10 Å². The minimum atomic E-state index is -4.65. The third kappa shape index (κ3) is 64.5. The number of quaternary nitrogens is 1. The van der Waals surface area contributed by atoms with E-state index in [-0.39, 0.29) is 32.0 Å². The van der Waals surface area contributed by atoms with Crippen molar-refractivity contribution in [1.82, 2.24) is 0 Å². The van der Waals surface area contributed by atoms with E-state index in [4.69, 9.17) is 18.5 Å². The van der Waals surface area contributed by atoms with Crippen molar-refractivity contribution in [3.05, 3.63) is 72.9 Å². The number of hydrogen-bond acceptors (Lipinski definition) is 8. The van der Waals surface area contributed by atoms with Crippen LogP contribution < -0.4 is 4.89 Å². The molecule has 0 fully saturated rings. The first-order valence-electron chi connectivity index (χ1n) is 33.1. The third-order valence-electron chi connectivity index (χ3n) is 14.5. The van der Waals surface area contributed by atoms with Gasteiger partial charge in [0.1, 0.15) is 19.8 Å². The van der Waals surface area contributed by atoms with E-state index in [1.807, 2.05) is 21.1 Å². The zero-order valence-electron chi connectivity index (χ0n) is 52.3. The van der Waals surface area contributed by atoms with Gasteiger partial charge in [-0.05, 0) is 64.2 Å². The van der Waals surface area contributed by atoms with Gasteiger partial charge in [0.05, 0.1) is 27.7 Å². The zero-order valence-corrected chi connectivity index (χ0v) is 53.2. The summed E-state index contributed by atoms with van der Waals surface area (Å²) in [5.74, 6) is -0.854. The summed E-state index contributed by atoms with van der Waals surface area (Å²) < 4.78 is 34.2. The molecule has 0 aliphatic carbocycles. The first-order valence-corrected chi connectivity index (χ1v) is 34.6. The first kappa shape index (κ1) is 76.5. The molecule has 9 nitrogen and oxygen atoms in total. The summed E-state index contributed by atoms with van der Waals surface area (Å²) in [5, 5.41) is 0. The van der Waals surface area contributed by atoms with Gasteiger partial charge in [-0.25, -0.2) is 0 Å². The predicted molar refractivity (Wildman–Crippen MR) is 337 cm³/mol. The van der Waals surface area contributed by atoms with Crippen molar-refractivity contribution in [2.45, 2.75) is 309 Å². The molecular weight excluding hydrogens is 1000 g/mol. The van der Waals surface area contributed by atoms with Crippen LogP contribution in [0.4, 0.5) is 0 Å². The van der Waals surface area contributed by atoms with Crippen LogP contribution in [0.3, 0.4) is 0 Å². The molecule has 0 aromatic heterocycles. The van der Waals surface area contributed by atoms with Crippen LogP contribution in [0, 0.1) is 0 Å². The van der Waals surface area contributed by atoms with Crippen molar-refractivity contribution in [3.8, 4) is 0 Å². The lowest BCUT2D eigenvalue weighted by molar-refractivity contribution is -0.870. The highest BCUT2D eigenvalue weighted by molar-refractivity contribution is 7.45. The van der Waals surface area contributed by atoms with E-state index in [1.54, 1.807) is 0 Å². The van der Waals surface area contributed by atoms with E-state index >= 15 is 0 Å². The van der Waals surface area contributed by atoms with Crippen molar-refractivity contribution in [3.63, 3.8) is 0 Å². The fraction of sp³-hybridized carbons (Fsp3) is 0.797. The quantitative estimate of drug-likeness (QED) is 0.0195. The van der Waals surface area contributed by atoms with Crippen molar-refractivity contribution >= 4 is 19.8 Å². The molecule has 0 heterocycles. The Balaban J connectivity index is 4.06. The number of hydrogen-bond donors (Lipinski definition) is 0. The fourth-order valence-corrected chi connectivity index (χ4v) is 10.2. The van der Waals surface area contributed by atoms with Crippen molar-refractivity contribution in [2.24, 2.45) is 0 Å². The van der Waals surface area contributed by atoms with Gasteiger partial charge in [-0.2, -0.15) is 0 Å². The van der Waals surface area contributed by atoms with Crippen LogP contribution in [-0.2, 0) is 32.7 Å². The maximum absolute atomic E-state index is 12.8. The average molecular weight is 1130 g/mol. The van der Waals surface area contributed by atoms with Gasteiger partial charge in [0.25, 0.3) is 7.82 Å². The molecular formula is C69H126NO8P. The number of unbranched alkanes of at least 4 members (excludes halogenated alkanes) is 35. The number of allylic oxidation sites excluding steroid dienone is 12. The molecule has 0 saturated heterocycles. The smallest absolute Gasteiger partial charge is 0.306 e. The summed E-state index contributed by atoms with van der Waals surface area (Å²) >= 11 is 0. The van der Waals surface area contributed by atoms with Gasteiger partial charge in [0, 0.05) is 12.8 Å². The van der Waals surface area contributed by atoms with Crippen LogP contribution in [0.5, 0.6) is 0 Å². The molecule has 0 bridgehead atoms. The summed E-state index contributed by atoms with van der Waals surface area (Å²) in [6, 6.07) is 0. The second-order valence-corrected chi connectivity index (χ2v) is 24.9. The zero-order chi connectivity index (χ0) is 57.7. The molecule has 0 N–H and O–H groups in total. The SMILES string of the molecule is CC/C=C\C/C=C\C/C=C\C/C=C\C/C=C\C/C=C\CCCCCCC(=O)OC(COC(=O)CCCCCCCCCCCCCCCCCCCCCCCCCCCCCCCCCC)COP(=O)([O-])OCC[N+](C)(C)C. The topological polar surface area (TPSA) is 111 Å². The van der Waals surface area contributed by atoms with Gasteiger partial charge in [0.2, 0.25) is 0 Å². The summed E-state index contributed by atoms with van der Waals surface area (Å²) in [4.78, 5) is 38.0. The minimum Gasteiger partial charge on any atom is -0.756 e. The Labute approximate surface area is 489 Å². The van der Waals surface area contributed by atoms with Gasteiger partial charge in [-0.3, -0.25) is 14.2 Å². The van der Waals surface area contributed by atoms with Crippen molar-refractivity contribution in [2.75, 3.05) is 47.5 Å². The molecule has 460 valence electrons. The maximum Gasteiger partial charge on any atom is 0.306 e. The number of phosphoric ester groups is 1. The van der Waals surface area contributed by atoms with Crippen molar-refractivity contribution in [1.29, 1.82) is 0 Å². The van der Waals surface area contributed by atoms with Crippen LogP contribution in [0.1, 0.15) is 303 Å². The molecule has 0 saturated carbocycles. The van der Waals surface area contributed by atoms with Crippen molar-refractivity contribution < 1.29 is 42.1 Å². The van der Waals surface area contributed by atoms with Crippen LogP contribution >= 0.6 is 7.82 Å². The number of carbonyl (C=O) groups is 2. The number of carbonyl (C=O) groups excluding carboxylic acids is 2. The van der Waals surface area contributed by atoms with Crippen LogP contribution in [0.2, 0.25) is 0 Å². The highest BCUT2D eigenvalue weighted by Gasteiger charge is 2.22. The van der Waals surface area contributed by atoms with E-state index in [0.29, 0.717) is 17.4 Å². The van der Waals surface area contributed by atoms with Crippen LogP contribution in [-0.4, -0.2) is 70.0 Å². The second-order valence-electron chi connectivity index (χ2n) is 23.5. The van der Waals surface area contributed by atoms with E-state index < -0.39 is 26.5 Å². The molecule has 2 atom stereocenters. The standard InChI is InChI=1S/C69H126NO8P/c1-6-8-10-12-14-16-18-20-22-24-26-28-30-31-32-33-34-35-36-37-38-40-41-43-45-47-49-51-53-55-57-59-61-68(71)75-65-67(66-77-79(73,74)76-64-63-70(3,4)5)78-69(72)62-60-58-56-54-52-50-48-46-44-42-39-29-27-25-23-21-19-17-15-13-11-9-7-2/h9,11,15,17,21,23,27,29,42,44,48,50,67H,6-8,10,12-14,16,18-20,22,24-26,28,30-41,43,45-47,49,51-66H2,1-5H3/b11-9-,17-15-,23-21-,29-27-,44-42-,50-48-. The Hall–Kier alpha value is -2.55. The number of likely N-dealkylation sites (N-methyl/N-ethyl adjacent to an activating group) is 1. The number of rotatable bonds is 61. The largest absolute Gasteiger partial charge is 0.756 e. The van der Waals surface area contributed by atoms with Gasteiger partial charge in [-0.15, -0.1) is 0 Å². The summed E-state index contributed by atoms with van der Waals surface area (Å²) in [5.41, 5.74) is 0. The van der Waals surface area contributed by atoms with Gasteiger partial charge < -0.3 is 27.9 Å². The highest BCUT2D eigenvalue weighted by Crippen LogP contribution is 2.38. The Morgan fingerprint density at radius 3 is 1.08 bits per heavy atom. The molecule has 0 aromatic carbocycles. The first-order chi connectivity index (χ1) is 38.5. The monoisotopic (exact) mass is 1130 g/mol. The molecule has 0 aliphatic rings. The Morgan fingerprint density at radius 2 is 0.722 bits per heavy atom. The lowest BCUT2D eigenvalue weighted by atomic mass is 10.0. The fourth-order valence-electron chi connectivity index (χ4n) is 9.43. The minimum absolute atomic E-state index is 0.0382. The molecule has 0 spiro atoms. The third-order valence-corrected chi connectivity index (χ3v) is 15.5. The molecule has 0 amide bonds. The number of esters is 2. The Morgan fingerprint density at radius 1 is 0.405 bits per heavy atom. The molecule has 0 radical (unpaired) electrons. The lowest BCUT2D eigenvalue weighted by Gasteiger charge is -2.28. The maximum atomic E-state index is 12.8. The molecule has 79 heavy (non-hydrogen) atoms. The van der Waals surface area contributed by atoms with Gasteiger partial charge >= 0.3 is 11.9 Å². The van der Waals surface area contributed by atoms with Gasteiger partial charge in [-0.1, -0.05) is 299 Å². The van der Waals surface area contributed by atoms with E-state index in [0.717, 1.165) is 83.5 Å². The molecule has 0 aliphatic heterocycles. The number of nitrogens with zero attached hydrogens (tertiary/aromatic N) is 1. The van der Waals surface area contributed by atoms with E-state index in [2.05, 4.69) is 86.8 Å². The predicted octanol–water partition coefficient (Wildman–Crippen LogP) is 20.6. The second kappa shape index (κ2) is 60.1. The molecule has 2 unspecified atom stereocenters. The molecule has 0 aromatic rings. The molecule has 0 rings (SSSR count). The summed E-state index contributed by atoms with van der Waals surface area (Å²) in [6.45, 7) is 4.13. The highest BCUT2D eigenvalue weighted by atomic mass is 31.2. The van der Waals surface area contributed by atoms with E-state index in [9.17, 15) is 19.0 Å².